The van der Waals surface area contributed by atoms with E-state index < -0.39 is 0 Å². The minimum atomic E-state index is -0.385. The zero-order valence-corrected chi connectivity index (χ0v) is 14.7. The van der Waals surface area contributed by atoms with Crippen LogP contribution in [0.2, 0.25) is 4.47 Å². The molecule has 1 heterocycles. The number of benzene rings is 2. The molecule has 0 saturated carbocycles. The van der Waals surface area contributed by atoms with Gasteiger partial charge >= 0.3 is 0 Å². The van der Waals surface area contributed by atoms with Crippen LogP contribution in [0.3, 0.4) is 0 Å². The Morgan fingerprint density at radius 1 is 1.21 bits per heavy atom. The van der Waals surface area contributed by atoms with Crippen molar-refractivity contribution in [3.8, 4) is 0 Å². The highest BCUT2D eigenvalue weighted by atomic mass is 35.5. The third-order valence-corrected chi connectivity index (χ3v) is 5.17. The van der Waals surface area contributed by atoms with Crippen LogP contribution in [0.4, 0.5) is 11.4 Å². The molecule has 0 atom stereocenters. The molecule has 0 fully saturated rings. The van der Waals surface area contributed by atoms with E-state index in [2.05, 4.69) is 10.3 Å². The fourth-order valence-corrected chi connectivity index (χ4v) is 3.88. The van der Waals surface area contributed by atoms with Gasteiger partial charge < -0.3 is 5.32 Å². The summed E-state index contributed by atoms with van der Waals surface area (Å²) in [5.74, 6) is 0. The molecule has 5 nitrogen and oxygen atoms in total. The molecule has 0 unspecified atom stereocenters. The number of anilines is 1. The van der Waals surface area contributed by atoms with Gasteiger partial charge in [0.25, 0.3) is 5.69 Å². The first-order valence-corrected chi connectivity index (χ1v) is 8.98. The van der Waals surface area contributed by atoms with Crippen molar-refractivity contribution >= 4 is 46.1 Å². The molecule has 0 bridgehead atoms. The normalized spacial score (nSPS) is 10.5. The van der Waals surface area contributed by atoms with Crippen molar-refractivity contribution in [3.63, 3.8) is 0 Å². The number of nitro benzene ring substituents is 1. The van der Waals surface area contributed by atoms with E-state index in [-0.39, 0.29) is 10.6 Å². The highest BCUT2D eigenvalue weighted by molar-refractivity contribution is 7.99. The lowest BCUT2D eigenvalue weighted by molar-refractivity contribution is -0.385. The topological polar surface area (TPSA) is 68.1 Å². The second-order valence-corrected chi connectivity index (χ2v) is 7.67. The Balaban J connectivity index is 1.81. The molecule has 122 valence electrons. The van der Waals surface area contributed by atoms with Gasteiger partial charge in [-0.1, -0.05) is 41.6 Å². The first kappa shape index (κ1) is 16.8. The second-order valence-electron chi connectivity index (χ2n) is 4.82. The molecule has 1 aromatic heterocycles. The molecule has 3 rings (SSSR count). The van der Waals surface area contributed by atoms with E-state index >= 15 is 0 Å². The van der Waals surface area contributed by atoms with Crippen molar-refractivity contribution in [1.82, 2.24) is 4.98 Å². The molecule has 1 N–H and O–H groups in total. The standard InChI is InChI=1S/C16H12ClN3O2S2/c17-16-19-10-15(24-16)9-18-11-6-12(20(21)22)8-14(7-11)23-13-4-2-1-3-5-13/h1-8,10,18H,9H2. The summed E-state index contributed by atoms with van der Waals surface area (Å²) in [6.07, 6.45) is 1.69. The van der Waals surface area contributed by atoms with Crippen LogP contribution in [0.25, 0.3) is 0 Å². The van der Waals surface area contributed by atoms with E-state index in [9.17, 15) is 10.1 Å². The number of nitrogens with one attached hydrogen (secondary N) is 1. The first-order chi connectivity index (χ1) is 11.6. The summed E-state index contributed by atoms with van der Waals surface area (Å²) in [6, 6.07) is 14.7. The zero-order chi connectivity index (χ0) is 16.9. The number of nitro groups is 1. The van der Waals surface area contributed by atoms with Gasteiger partial charge in [-0.25, -0.2) is 4.98 Å². The quantitative estimate of drug-likeness (QED) is 0.455. The molecule has 0 aliphatic carbocycles. The summed E-state index contributed by atoms with van der Waals surface area (Å²) in [6.45, 7) is 0.515. The fraction of sp³-hybridized carbons (Fsp3) is 0.0625. The molecule has 0 aliphatic rings. The fourth-order valence-electron chi connectivity index (χ4n) is 2.03. The Hall–Kier alpha value is -2.09. The predicted octanol–water partition coefficient (Wildman–Crippen LogP) is 5.47. The molecular weight excluding hydrogens is 366 g/mol. The minimum absolute atomic E-state index is 0.0563. The summed E-state index contributed by atoms with van der Waals surface area (Å²) in [7, 11) is 0. The van der Waals surface area contributed by atoms with Gasteiger partial charge in [0.05, 0.1) is 11.5 Å². The van der Waals surface area contributed by atoms with E-state index in [0.29, 0.717) is 16.7 Å². The number of hydrogen-bond acceptors (Lipinski definition) is 6. The van der Waals surface area contributed by atoms with Crippen molar-refractivity contribution < 1.29 is 4.92 Å². The van der Waals surface area contributed by atoms with Gasteiger partial charge in [0.15, 0.2) is 4.47 Å². The summed E-state index contributed by atoms with van der Waals surface area (Å²) in [4.78, 5) is 17.6. The molecule has 24 heavy (non-hydrogen) atoms. The number of nitrogens with zero attached hydrogens (tertiary/aromatic N) is 2. The van der Waals surface area contributed by atoms with E-state index in [1.54, 1.807) is 12.3 Å². The Morgan fingerprint density at radius 2 is 2.00 bits per heavy atom. The smallest absolute Gasteiger partial charge is 0.272 e. The van der Waals surface area contributed by atoms with Crippen LogP contribution in [0.1, 0.15) is 4.88 Å². The van der Waals surface area contributed by atoms with Crippen molar-refractivity contribution in [1.29, 1.82) is 0 Å². The number of hydrogen-bond donors (Lipinski definition) is 1. The van der Waals surface area contributed by atoms with Crippen LogP contribution in [0.15, 0.2) is 64.5 Å². The molecule has 3 aromatic rings. The van der Waals surface area contributed by atoms with Gasteiger partial charge in [0, 0.05) is 38.7 Å². The number of rotatable bonds is 6. The van der Waals surface area contributed by atoms with Gasteiger partial charge in [-0.05, 0) is 18.2 Å². The molecule has 0 aliphatic heterocycles. The van der Waals surface area contributed by atoms with Crippen LogP contribution in [0, 0.1) is 10.1 Å². The van der Waals surface area contributed by atoms with Crippen LogP contribution in [-0.4, -0.2) is 9.91 Å². The lowest BCUT2D eigenvalue weighted by Crippen LogP contribution is -1.99. The SMILES string of the molecule is O=[N+]([O-])c1cc(NCc2cnc(Cl)s2)cc(Sc2ccccc2)c1. The monoisotopic (exact) mass is 377 g/mol. The van der Waals surface area contributed by atoms with Gasteiger partial charge in [-0.3, -0.25) is 10.1 Å². The summed E-state index contributed by atoms with van der Waals surface area (Å²) in [5, 5.41) is 14.4. The van der Waals surface area contributed by atoms with Crippen molar-refractivity contribution in [2.24, 2.45) is 0 Å². The Labute approximate surface area is 151 Å². The number of halogens is 1. The van der Waals surface area contributed by atoms with Gasteiger partial charge in [0.1, 0.15) is 0 Å². The molecule has 0 spiro atoms. The van der Waals surface area contributed by atoms with Gasteiger partial charge in [0.2, 0.25) is 0 Å². The maximum Gasteiger partial charge on any atom is 0.272 e. The molecule has 8 heteroatoms. The number of thiazole rings is 1. The van der Waals surface area contributed by atoms with Crippen LogP contribution in [0.5, 0.6) is 0 Å². The highest BCUT2D eigenvalue weighted by Crippen LogP contribution is 2.33. The lowest BCUT2D eigenvalue weighted by atomic mass is 10.3. The molecular formula is C16H12ClN3O2S2. The zero-order valence-electron chi connectivity index (χ0n) is 12.3. The maximum absolute atomic E-state index is 11.2. The Morgan fingerprint density at radius 3 is 2.67 bits per heavy atom. The van der Waals surface area contributed by atoms with E-state index in [1.165, 1.54) is 29.2 Å². The van der Waals surface area contributed by atoms with E-state index in [1.807, 2.05) is 36.4 Å². The van der Waals surface area contributed by atoms with E-state index in [4.69, 9.17) is 11.6 Å². The van der Waals surface area contributed by atoms with Crippen LogP contribution >= 0.6 is 34.7 Å². The van der Waals surface area contributed by atoms with E-state index in [0.717, 1.165) is 14.7 Å². The molecule has 2 aromatic carbocycles. The van der Waals surface area contributed by atoms with Gasteiger partial charge in [-0.15, -0.1) is 11.3 Å². The summed E-state index contributed by atoms with van der Waals surface area (Å²) < 4.78 is 0.478. The molecule has 0 saturated heterocycles. The lowest BCUT2D eigenvalue weighted by Gasteiger charge is -2.08. The maximum atomic E-state index is 11.2. The van der Waals surface area contributed by atoms with Crippen LogP contribution in [-0.2, 0) is 6.54 Å². The van der Waals surface area contributed by atoms with Crippen LogP contribution < -0.4 is 5.32 Å². The third kappa shape index (κ3) is 4.47. The van der Waals surface area contributed by atoms with Crippen molar-refractivity contribution in [2.75, 3.05) is 5.32 Å². The highest BCUT2D eigenvalue weighted by Gasteiger charge is 2.11. The summed E-state index contributed by atoms with van der Waals surface area (Å²) >= 11 is 8.67. The summed E-state index contributed by atoms with van der Waals surface area (Å²) in [5.41, 5.74) is 0.743. The number of aromatic nitrogens is 1. The van der Waals surface area contributed by atoms with Crippen molar-refractivity contribution in [2.45, 2.75) is 16.3 Å². The largest absolute Gasteiger partial charge is 0.380 e. The average Bonchev–Trinajstić information content (AvgIpc) is 2.99. The molecule has 0 radical (unpaired) electrons. The second kappa shape index (κ2) is 7.65. The van der Waals surface area contributed by atoms with Gasteiger partial charge in [-0.2, -0.15) is 0 Å². The Bertz CT molecular complexity index is 856. The third-order valence-electron chi connectivity index (χ3n) is 3.07. The minimum Gasteiger partial charge on any atom is -0.380 e. The number of non-ortho nitro benzene ring substituents is 1. The predicted molar refractivity (Wildman–Crippen MR) is 98.1 cm³/mol. The average molecular weight is 378 g/mol. The molecule has 0 amide bonds. The first-order valence-electron chi connectivity index (χ1n) is 6.96. The van der Waals surface area contributed by atoms with Crippen molar-refractivity contribution in [3.05, 3.63) is 74.2 Å². The Kier molecular flexibility index (Phi) is 5.34.